The molecule has 0 unspecified atom stereocenters. The fourth-order valence-corrected chi connectivity index (χ4v) is 4.73. The second-order valence-electron chi connectivity index (χ2n) is 7.93. The van der Waals surface area contributed by atoms with Crippen molar-refractivity contribution in [2.24, 2.45) is 0 Å². The molecule has 0 atom stereocenters. The molecule has 33 heavy (non-hydrogen) atoms. The van der Waals surface area contributed by atoms with Gasteiger partial charge in [0.15, 0.2) is 0 Å². The van der Waals surface area contributed by atoms with Gasteiger partial charge in [-0.25, -0.2) is 0 Å². The number of carbonyl (C=O) groups excluding carboxylic acids is 2. The van der Waals surface area contributed by atoms with Crippen LogP contribution in [0.25, 0.3) is 0 Å². The minimum Gasteiger partial charge on any atom is -0.368 e. The molecule has 2 aromatic carbocycles. The van der Waals surface area contributed by atoms with Crippen LogP contribution in [0.15, 0.2) is 70.1 Å². The molecule has 1 aromatic heterocycles. The summed E-state index contributed by atoms with van der Waals surface area (Å²) in [7, 11) is 0. The number of para-hydroxylation sites is 1. The number of nitrogens with one attached hydrogen (secondary N) is 1. The fraction of sp³-hybridized carbons (Fsp3) is 0.320. The van der Waals surface area contributed by atoms with Crippen molar-refractivity contribution in [2.45, 2.75) is 24.0 Å². The van der Waals surface area contributed by atoms with Gasteiger partial charge in [0, 0.05) is 55.8 Å². The zero-order valence-electron chi connectivity index (χ0n) is 18.7. The van der Waals surface area contributed by atoms with Crippen molar-refractivity contribution in [2.75, 3.05) is 37.6 Å². The molecule has 1 aliphatic heterocycles. The van der Waals surface area contributed by atoms with E-state index >= 15 is 0 Å². The standard InChI is InChI=1S/C25H28N4O3S/c1-19-17-21(32-27-19)18-33-23-10-6-5-9-22(23)25(31)26-12-11-24(30)29-15-13-28(14-16-29)20-7-3-2-4-8-20/h2-10,17H,11-16,18H2,1H3,(H,26,31). The number of amides is 2. The van der Waals surface area contributed by atoms with Gasteiger partial charge in [-0.2, -0.15) is 0 Å². The smallest absolute Gasteiger partial charge is 0.252 e. The van der Waals surface area contributed by atoms with Crippen LogP contribution in [0.1, 0.15) is 28.2 Å². The normalized spacial score (nSPS) is 13.7. The molecule has 0 aliphatic carbocycles. The third-order valence-corrected chi connectivity index (χ3v) is 6.65. The Labute approximate surface area is 198 Å². The molecule has 172 valence electrons. The van der Waals surface area contributed by atoms with Gasteiger partial charge in [0.2, 0.25) is 5.91 Å². The number of nitrogens with zero attached hydrogens (tertiary/aromatic N) is 3. The highest BCUT2D eigenvalue weighted by Gasteiger charge is 2.21. The molecule has 0 saturated carbocycles. The van der Waals surface area contributed by atoms with Gasteiger partial charge >= 0.3 is 0 Å². The van der Waals surface area contributed by atoms with Gasteiger partial charge in [0.1, 0.15) is 5.76 Å². The maximum Gasteiger partial charge on any atom is 0.252 e. The Kier molecular flexibility index (Phi) is 7.67. The molecule has 1 saturated heterocycles. The van der Waals surface area contributed by atoms with Crippen LogP contribution >= 0.6 is 11.8 Å². The summed E-state index contributed by atoms with van der Waals surface area (Å²) in [6, 6.07) is 19.6. The van der Waals surface area contributed by atoms with E-state index in [-0.39, 0.29) is 11.8 Å². The van der Waals surface area contributed by atoms with Gasteiger partial charge in [-0.3, -0.25) is 9.59 Å². The topological polar surface area (TPSA) is 78.7 Å². The first-order chi connectivity index (χ1) is 16.1. The molecule has 7 nitrogen and oxygen atoms in total. The van der Waals surface area contributed by atoms with E-state index in [0.717, 1.165) is 29.4 Å². The minimum absolute atomic E-state index is 0.0753. The van der Waals surface area contributed by atoms with Gasteiger partial charge in [0.25, 0.3) is 5.91 Å². The van der Waals surface area contributed by atoms with E-state index in [4.69, 9.17) is 4.52 Å². The number of aryl methyl sites for hydroxylation is 1. The zero-order valence-corrected chi connectivity index (χ0v) is 19.5. The zero-order chi connectivity index (χ0) is 23.0. The van der Waals surface area contributed by atoms with Gasteiger partial charge in [0.05, 0.1) is 17.0 Å². The van der Waals surface area contributed by atoms with E-state index in [2.05, 4.69) is 27.5 Å². The molecule has 1 fully saturated rings. The quantitative estimate of drug-likeness (QED) is 0.512. The highest BCUT2D eigenvalue weighted by atomic mass is 32.2. The maximum absolute atomic E-state index is 12.7. The predicted octanol–water partition coefficient (Wildman–Crippen LogP) is 3.74. The first-order valence-corrected chi connectivity index (χ1v) is 12.1. The second kappa shape index (κ2) is 11.0. The van der Waals surface area contributed by atoms with Crippen LogP contribution in [0, 0.1) is 6.92 Å². The Morgan fingerprint density at radius 2 is 1.76 bits per heavy atom. The summed E-state index contributed by atoms with van der Waals surface area (Å²) in [5.41, 5.74) is 2.62. The highest BCUT2D eigenvalue weighted by molar-refractivity contribution is 7.98. The van der Waals surface area contributed by atoms with Crippen molar-refractivity contribution in [1.82, 2.24) is 15.4 Å². The molecule has 0 spiro atoms. The minimum atomic E-state index is -0.173. The summed E-state index contributed by atoms with van der Waals surface area (Å²) in [5.74, 6) is 1.27. The van der Waals surface area contributed by atoms with Crippen LogP contribution in [0.2, 0.25) is 0 Å². The van der Waals surface area contributed by atoms with Crippen molar-refractivity contribution in [1.29, 1.82) is 0 Å². The molecule has 2 heterocycles. The van der Waals surface area contributed by atoms with Gasteiger partial charge < -0.3 is 19.6 Å². The molecule has 1 N–H and O–H groups in total. The summed E-state index contributed by atoms with van der Waals surface area (Å²) < 4.78 is 5.25. The average molecular weight is 465 g/mol. The van der Waals surface area contributed by atoms with Crippen LogP contribution in [0.3, 0.4) is 0 Å². The predicted molar refractivity (Wildman–Crippen MR) is 129 cm³/mol. The van der Waals surface area contributed by atoms with Crippen molar-refractivity contribution in [3.05, 3.63) is 77.7 Å². The average Bonchev–Trinajstić information content (AvgIpc) is 3.28. The number of carbonyl (C=O) groups is 2. The molecular formula is C25H28N4O3S. The lowest BCUT2D eigenvalue weighted by atomic mass is 10.2. The Morgan fingerprint density at radius 3 is 2.48 bits per heavy atom. The van der Waals surface area contributed by atoms with Crippen LogP contribution in [-0.4, -0.2) is 54.6 Å². The fourth-order valence-electron chi connectivity index (χ4n) is 3.80. The molecule has 4 rings (SSSR count). The highest BCUT2D eigenvalue weighted by Crippen LogP contribution is 2.26. The number of rotatable bonds is 8. The van der Waals surface area contributed by atoms with Crippen molar-refractivity contribution < 1.29 is 14.1 Å². The molecule has 0 radical (unpaired) electrons. The number of aromatic nitrogens is 1. The SMILES string of the molecule is Cc1cc(CSc2ccccc2C(=O)NCCC(=O)N2CCN(c3ccccc3)CC2)on1. The lowest BCUT2D eigenvalue weighted by Gasteiger charge is -2.36. The summed E-state index contributed by atoms with van der Waals surface area (Å²) in [5, 5.41) is 6.80. The first kappa shape index (κ1) is 22.9. The van der Waals surface area contributed by atoms with E-state index in [1.54, 1.807) is 6.07 Å². The van der Waals surface area contributed by atoms with Gasteiger partial charge in [-0.05, 0) is 31.2 Å². The molecule has 3 aromatic rings. The Morgan fingerprint density at radius 1 is 1.03 bits per heavy atom. The molecule has 2 amide bonds. The van der Waals surface area contributed by atoms with Crippen LogP contribution in [-0.2, 0) is 10.5 Å². The van der Waals surface area contributed by atoms with E-state index in [0.29, 0.717) is 37.4 Å². The molecule has 1 aliphatic rings. The molecular weight excluding hydrogens is 436 g/mol. The van der Waals surface area contributed by atoms with Crippen molar-refractivity contribution >= 4 is 29.3 Å². The van der Waals surface area contributed by atoms with Gasteiger partial charge in [-0.15, -0.1) is 11.8 Å². The Balaban J connectivity index is 1.23. The lowest BCUT2D eigenvalue weighted by Crippen LogP contribution is -2.49. The number of piperazine rings is 1. The lowest BCUT2D eigenvalue weighted by molar-refractivity contribution is -0.131. The van der Waals surface area contributed by atoms with E-state index in [1.165, 1.54) is 17.4 Å². The number of anilines is 1. The Bertz CT molecular complexity index is 1080. The first-order valence-electron chi connectivity index (χ1n) is 11.1. The third-order valence-electron chi connectivity index (χ3n) is 5.56. The summed E-state index contributed by atoms with van der Waals surface area (Å²) >= 11 is 1.53. The molecule has 8 heteroatoms. The van der Waals surface area contributed by atoms with Crippen LogP contribution < -0.4 is 10.2 Å². The van der Waals surface area contributed by atoms with E-state index in [9.17, 15) is 9.59 Å². The number of hydrogen-bond donors (Lipinski definition) is 1. The van der Waals surface area contributed by atoms with Crippen molar-refractivity contribution in [3.63, 3.8) is 0 Å². The summed E-state index contributed by atoms with van der Waals surface area (Å²) in [6.45, 7) is 5.22. The van der Waals surface area contributed by atoms with Crippen LogP contribution in [0.4, 0.5) is 5.69 Å². The van der Waals surface area contributed by atoms with Crippen molar-refractivity contribution in [3.8, 4) is 0 Å². The monoisotopic (exact) mass is 464 g/mol. The number of hydrogen-bond acceptors (Lipinski definition) is 6. The maximum atomic E-state index is 12.7. The van der Waals surface area contributed by atoms with Gasteiger partial charge in [-0.1, -0.05) is 35.5 Å². The van der Waals surface area contributed by atoms with E-state index in [1.807, 2.05) is 54.3 Å². The second-order valence-corrected chi connectivity index (χ2v) is 8.95. The molecule has 0 bridgehead atoms. The summed E-state index contributed by atoms with van der Waals surface area (Å²) in [4.78, 5) is 30.4. The third kappa shape index (κ3) is 6.16. The van der Waals surface area contributed by atoms with E-state index < -0.39 is 0 Å². The summed E-state index contributed by atoms with van der Waals surface area (Å²) in [6.07, 6.45) is 0.295. The number of benzene rings is 2. The largest absolute Gasteiger partial charge is 0.368 e. The Hall–Kier alpha value is -3.26. The number of thioether (sulfide) groups is 1. The van der Waals surface area contributed by atoms with Crippen LogP contribution in [0.5, 0.6) is 0 Å².